The number of carbonyl (C=O) groups is 3. The van der Waals surface area contributed by atoms with E-state index in [0.29, 0.717) is 33.1 Å². The third-order valence-electron chi connectivity index (χ3n) is 4.87. The second-order valence-electron chi connectivity index (χ2n) is 6.64. The molecular weight excluding hydrogens is 381 g/mol. The molecule has 1 aliphatic rings. The van der Waals surface area contributed by atoms with Crippen molar-refractivity contribution < 1.29 is 28.1 Å². The fourth-order valence-electron chi connectivity index (χ4n) is 3.37. The van der Waals surface area contributed by atoms with Crippen molar-refractivity contribution in [1.29, 1.82) is 0 Å². The van der Waals surface area contributed by atoms with E-state index in [4.69, 9.17) is 13.7 Å². The third kappa shape index (κ3) is 3.91. The van der Waals surface area contributed by atoms with E-state index < -0.39 is 21.4 Å². The molecule has 1 heterocycles. The lowest BCUT2D eigenvalue weighted by Gasteiger charge is -2.32. The summed E-state index contributed by atoms with van der Waals surface area (Å²) < 4.78 is 18.1. The lowest BCUT2D eigenvalue weighted by Crippen LogP contribution is -2.62. The molecule has 0 atom stereocenters. The first-order valence-corrected chi connectivity index (χ1v) is 9.34. The molecule has 3 aromatic carbocycles. The highest BCUT2D eigenvalue weighted by Crippen LogP contribution is 2.13. The Morgan fingerprint density at radius 1 is 0.467 bits per heavy atom. The molecular formula is C21H15B3O6. The van der Waals surface area contributed by atoms with E-state index in [1.54, 1.807) is 72.8 Å². The molecule has 1 saturated heterocycles. The standard InChI is InChI=1S/C21H15B3O6/c25-13-16-7-1-4-10-19(16)22-28-23(20-11-5-2-8-17(20)14-26)30-24(29-22)21-12-6-3-9-18(21)15-27/h1-15H. The van der Waals surface area contributed by atoms with Crippen molar-refractivity contribution >= 4 is 56.6 Å². The van der Waals surface area contributed by atoms with Crippen molar-refractivity contribution in [3.63, 3.8) is 0 Å². The van der Waals surface area contributed by atoms with Crippen LogP contribution < -0.4 is 16.4 Å². The van der Waals surface area contributed by atoms with Crippen LogP contribution in [0.5, 0.6) is 0 Å². The van der Waals surface area contributed by atoms with Crippen molar-refractivity contribution in [2.45, 2.75) is 0 Å². The van der Waals surface area contributed by atoms with E-state index in [1.165, 1.54) is 0 Å². The zero-order chi connectivity index (χ0) is 20.9. The highest BCUT2D eigenvalue weighted by Gasteiger charge is 2.45. The van der Waals surface area contributed by atoms with Crippen molar-refractivity contribution in [3.8, 4) is 0 Å². The zero-order valence-electron chi connectivity index (χ0n) is 15.8. The van der Waals surface area contributed by atoms with Crippen LogP contribution in [0.2, 0.25) is 0 Å². The molecule has 9 heteroatoms. The highest BCUT2D eigenvalue weighted by molar-refractivity contribution is 6.88. The van der Waals surface area contributed by atoms with Crippen LogP contribution in [0.15, 0.2) is 72.8 Å². The number of aldehydes is 3. The normalized spacial score (nSPS) is 13.8. The molecule has 3 aromatic rings. The number of hydrogen-bond acceptors (Lipinski definition) is 6. The van der Waals surface area contributed by atoms with Crippen LogP contribution in [0, 0.1) is 0 Å². The highest BCUT2D eigenvalue weighted by atomic mass is 16.7. The van der Waals surface area contributed by atoms with Gasteiger partial charge < -0.3 is 13.7 Å². The smallest absolute Gasteiger partial charge is 0.445 e. The predicted octanol–water partition coefficient (Wildman–Crippen LogP) is 0.673. The predicted molar refractivity (Wildman–Crippen MR) is 115 cm³/mol. The monoisotopic (exact) mass is 396 g/mol. The molecule has 0 amide bonds. The molecule has 144 valence electrons. The van der Waals surface area contributed by atoms with Gasteiger partial charge in [-0.2, -0.15) is 0 Å². The summed E-state index contributed by atoms with van der Waals surface area (Å²) in [4.78, 5) is 34.6. The van der Waals surface area contributed by atoms with Crippen molar-refractivity contribution in [2.24, 2.45) is 0 Å². The Labute approximate surface area is 174 Å². The minimum atomic E-state index is -0.949. The van der Waals surface area contributed by atoms with Gasteiger partial charge in [-0.05, 0) is 16.4 Å². The van der Waals surface area contributed by atoms with Gasteiger partial charge in [0.1, 0.15) is 18.9 Å². The fourth-order valence-corrected chi connectivity index (χ4v) is 3.37. The van der Waals surface area contributed by atoms with Crippen molar-refractivity contribution in [2.75, 3.05) is 0 Å². The Morgan fingerprint density at radius 3 is 1.00 bits per heavy atom. The van der Waals surface area contributed by atoms with Gasteiger partial charge in [0.05, 0.1) is 0 Å². The Bertz CT molecular complexity index is 947. The van der Waals surface area contributed by atoms with Crippen LogP contribution in [0.1, 0.15) is 31.1 Å². The van der Waals surface area contributed by atoms with Crippen LogP contribution in [-0.4, -0.2) is 40.2 Å². The fraction of sp³-hybridized carbons (Fsp3) is 0. The summed E-state index contributed by atoms with van der Waals surface area (Å²) in [5.74, 6) is 0. The van der Waals surface area contributed by atoms with E-state index in [2.05, 4.69) is 0 Å². The lowest BCUT2D eigenvalue weighted by molar-refractivity contribution is 0.111. The van der Waals surface area contributed by atoms with Gasteiger partial charge in [-0.1, -0.05) is 72.8 Å². The largest absolute Gasteiger partial charge is 0.467 e. The Morgan fingerprint density at radius 2 is 0.733 bits per heavy atom. The molecule has 0 radical (unpaired) electrons. The molecule has 0 unspecified atom stereocenters. The Balaban J connectivity index is 1.79. The molecule has 6 nitrogen and oxygen atoms in total. The topological polar surface area (TPSA) is 78.9 Å². The maximum Gasteiger partial charge on any atom is 0.467 e. The van der Waals surface area contributed by atoms with Crippen LogP contribution in [-0.2, 0) is 13.7 Å². The minimum Gasteiger partial charge on any atom is -0.445 e. The molecule has 0 N–H and O–H groups in total. The molecule has 30 heavy (non-hydrogen) atoms. The van der Waals surface area contributed by atoms with E-state index in [9.17, 15) is 14.4 Å². The molecule has 1 fully saturated rings. The van der Waals surface area contributed by atoms with Gasteiger partial charge >= 0.3 is 21.4 Å². The first-order chi connectivity index (χ1) is 14.7. The summed E-state index contributed by atoms with van der Waals surface area (Å²) in [5.41, 5.74) is 2.81. The summed E-state index contributed by atoms with van der Waals surface area (Å²) >= 11 is 0. The number of hydrogen-bond donors (Lipinski definition) is 0. The number of carbonyl (C=O) groups excluding carboxylic acids is 3. The van der Waals surface area contributed by atoms with Gasteiger partial charge in [0, 0.05) is 16.7 Å². The summed E-state index contributed by atoms with van der Waals surface area (Å²) in [5, 5.41) is 0. The minimum absolute atomic E-state index is 0.411. The Hall–Kier alpha value is -3.26. The van der Waals surface area contributed by atoms with Crippen LogP contribution in [0.3, 0.4) is 0 Å². The van der Waals surface area contributed by atoms with Gasteiger partial charge in [-0.3, -0.25) is 14.4 Å². The quantitative estimate of drug-likeness (QED) is 0.451. The molecule has 1 aliphatic heterocycles. The third-order valence-corrected chi connectivity index (χ3v) is 4.87. The number of benzene rings is 3. The summed E-state index contributed by atoms with van der Waals surface area (Å²) in [7, 11) is -2.85. The van der Waals surface area contributed by atoms with Gasteiger partial charge in [0.25, 0.3) is 0 Å². The average molecular weight is 396 g/mol. The van der Waals surface area contributed by atoms with Gasteiger partial charge in [-0.25, -0.2) is 0 Å². The van der Waals surface area contributed by atoms with E-state index in [1.807, 2.05) is 0 Å². The van der Waals surface area contributed by atoms with E-state index in [0.717, 1.165) is 18.9 Å². The van der Waals surface area contributed by atoms with Crippen LogP contribution >= 0.6 is 0 Å². The second-order valence-corrected chi connectivity index (χ2v) is 6.64. The molecule has 0 aliphatic carbocycles. The van der Waals surface area contributed by atoms with Crippen molar-refractivity contribution in [1.82, 2.24) is 0 Å². The van der Waals surface area contributed by atoms with E-state index in [-0.39, 0.29) is 0 Å². The maximum atomic E-state index is 11.5. The first-order valence-electron chi connectivity index (χ1n) is 9.34. The zero-order valence-corrected chi connectivity index (χ0v) is 15.8. The van der Waals surface area contributed by atoms with Crippen molar-refractivity contribution in [3.05, 3.63) is 89.5 Å². The summed E-state index contributed by atoms with van der Waals surface area (Å²) in [6.07, 6.45) is 2.17. The Kier molecular flexibility index (Phi) is 6.04. The van der Waals surface area contributed by atoms with Crippen LogP contribution in [0.4, 0.5) is 0 Å². The van der Waals surface area contributed by atoms with Gasteiger partial charge in [0.15, 0.2) is 0 Å². The van der Waals surface area contributed by atoms with Gasteiger partial charge in [-0.15, -0.1) is 0 Å². The summed E-state index contributed by atoms with van der Waals surface area (Å²) in [6.45, 7) is 0. The maximum absolute atomic E-state index is 11.5. The molecule has 0 spiro atoms. The van der Waals surface area contributed by atoms with Crippen LogP contribution in [0.25, 0.3) is 0 Å². The molecule has 4 rings (SSSR count). The average Bonchev–Trinajstić information content (AvgIpc) is 2.83. The molecule has 0 saturated carbocycles. The lowest BCUT2D eigenvalue weighted by atomic mass is 9.60. The summed E-state index contributed by atoms with van der Waals surface area (Å²) in [6, 6.07) is 20.7. The number of rotatable bonds is 6. The van der Waals surface area contributed by atoms with Gasteiger partial charge in [0.2, 0.25) is 0 Å². The first kappa shape index (κ1) is 20.0. The second kappa shape index (κ2) is 9.05. The SMILES string of the molecule is O=Cc1ccccc1B1OB(c2ccccc2C=O)OB(c2ccccc2C=O)O1. The molecule has 0 bridgehead atoms. The van der Waals surface area contributed by atoms with E-state index >= 15 is 0 Å². The molecule has 0 aromatic heterocycles.